The second kappa shape index (κ2) is 3.57. The third kappa shape index (κ3) is 1.42. The lowest BCUT2D eigenvalue weighted by atomic mass is 10.1. The van der Waals surface area contributed by atoms with Gasteiger partial charge in [0.25, 0.3) is 0 Å². The minimum absolute atomic E-state index is 0.650. The zero-order chi connectivity index (χ0) is 11.1. The Balaban J connectivity index is 2.09. The molecule has 1 amide bonds. The summed E-state index contributed by atoms with van der Waals surface area (Å²) in [6.45, 7) is 0. The zero-order valence-corrected chi connectivity index (χ0v) is 9.73. The highest BCUT2D eigenvalue weighted by Crippen LogP contribution is 2.41. The number of carbonyl (C=O) groups excluding carboxylic acids is 1. The highest BCUT2D eigenvalue weighted by molar-refractivity contribution is 7.16. The van der Waals surface area contributed by atoms with Crippen LogP contribution < -0.4 is 5.32 Å². The molecule has 0 unspecified atom stereocenters. The Morgan fingerprint density at radius 3 is 3.19 bits per heavy atom. The maximum atomic E-state index is 10.3. The van der Waals surface area contributed by atoms with E-state index in [0.29, 0.717) is 11.5 Å². The van der Waals surface area contributed by atoms with Crippen molar-refractivity contribution < 1.29 is 4.79 Å². The monoisotopic (exact) mass is 250 g/mol. The van der Waals surface area contributed by atoms with Crippen LogP contribution in [0.1, 0.15) is 10.4 Å². The Bertz CT molecular complexity index is 579. The quantitative estimate of drug-likeness (QED) is 0.711. The van der Waals surface area contributed by atoms with Crippen LogP contribution in [0.2, 0.25) is 5.02 Å². The summed E-state index contributed by atoms with van der Waals surface area (Å²) >= 11 is 7.45. The van der Waals surface area contributed by atoms with E-state index < -0.39 is 0 Å². The van der Waals surface area contributed by atoms with Crippen LogP contribution in [0.5, 0.6) is 0 Å². The van der Waals surface area contributed by atoms with Crippen molar-refractivity contribution in [3.05, 3.63) is 33.7 Å². The minimum atomic E-state index is 0.650. The summed E-state index contributed by atoms with van der Waals surface area (Å²) < 4.78 is 0. The van der Waals surface area contributed by atoms with Crippen molar-refractivity contribution in [2.45, 2.75) is 6.42 Å². The van der Waals surface area contributed by atoms with E-state index in [2.05, 4.69) is 10.3 Å². The molecule has 0 spiro atoms. The van der Waals surface area contributed by atoms with Gasteiger partial charge in [-0.3, -0.25) is 4.79 Å². The molecule has 0 saturated heterocycles. The molecule has 1 aliphatic rings. The molecular weight excluding hydrogens is 244 g/mol. The van der Waals surface area contributed by atoms with Crippen LogP contribution >= 0.6 is 22.9 Å². The number of benzene rings is 1. The SMILES string of the molecule is O=CNc1nc2c(s1)Cc1cc(Cl)ccc1-2. The molecule has 0 radical (unpaired) electrons. The molecule has 0 aliphatic heterocycles. The van der Waals surface area contributed by atoms with Gasteiger partial charge in [0, 0.05) is 21.9 Å². The van der Waals surface area contributed by atoms with Gasteiger partial charge < -0.3 is 5.32 Å². The van der Waals surface area contributed by atoms with E-state index in [-0.39, 0.29) is 0 Å². The number of nitrogens with zero attached hydrogens (tertiary/aromatic N) is 1. The van der Waals surface area contributed by atoms with Crippen LogP contribution in [-0.4, -0.2) is 11.4 Å². The van der Waals surface area contributed by atoms with Gasteiger partial charge in [0.05, 0.1) is 5.69 Å². The van der Waals surface area contributed by atoms with E-state index in [0.717, 1.165) is 22.7 Å². The normalized spacial score (nSPS) is 12.1. The molecule has 1 aromatic carbocycles. The number of hydrogen-bond acceptors (Lipinski definition) is 3. The highest BCUT2D eigenvalue weighted by Gasteiger charge is 2.23. The summed E-state index contributed by atoms with van der Waals surface area (Å²) in [6, 6.07) is 5.81. The summed E-state index contributed by atoms with van der Waals surface area (Å²) in [7, 11) is 0. The van der Waals surface area contributed by atoms with Gasteiger partial charge in [-0.15, -0.1) is 11.3 Å². The van der Waals surface area contributed by atoms with Crippen molar-refractivity contribution in [1.82, 2.24) is 4.98 Å². The molecule has 80 valence electrons. The molecule has 0 atom stereocenters. The number of halogens is 1. The number of anilines is 1. The Hall–Kier alpha value is -1.39. The molecule has 1 aromatic heterocycles. The second-order valence-electron chi connectivity index (χ2n) is 3.53. The zero-order valence-electron chi connectivity index (χ0n) is 8.16. The van der Waals surface area contributed by atoms with Crippen LogP contribution in [-0.2, 0) is 11.2 Å². The van der Waals surface area contributed by atoms with Crippen molar-refractivity contribution in [1.29, 1.82) is 0 Å². The largest absolute Gasteiger partial charge is 0.305 e. The first kappa shape index (κ1) is 9.81. The van der Waals surface area contributed by atoms with E-state index in [1.165, 1.54) is 21.8 Å². The topological polar surface area (TPSA) is 42.0 Å². The average molecular weight is 251 g/mol. The molecule has 0 fully saturated rings. The molecule has 0 bridgehead atoms. The number of hydrogen-bond donors (Lipinski definition) is 1. The fourth-order valence-corrected chi connectivity index (χ4v) is 3.06. The van der Waals surface area contributed by atoms with Crippen molar-refractivity contribution in [3.63, 3.8) is 0 Å². The molecule has 3 rings (SSSR count). The van der Waals surface area contributed by atoms with E-state index >= 15 is 0 Å². The summed E-state index contributed by atoms with van der Waals surface area (Å²) in [4.78, 5) is 15.9. The third-order valence-corrected chi connectivity index (χ3v) is 3.77. The van der Waals surface area contributed by atoms with Crippen molar-refractivity contribution in [2.24, 2.45) is 0 Å². The first-order chi connectivity index (χ1) is 7.78. The summed E-state index contributed by atoms with van der Waals surface area (Å²) in [5.41, 5.74) is 3.30. The van der Waals surface area contributed by atoms with Crippen molar-refractivity contribution in [2.75, 3.05) is 5.32 Å². The number of thiazole rings is 1. The van der Waals surface area contributed by atoms with Crippen LogP contribution in [0.3, 0.4) is 0 Å². The maximum absolute atomic E-state index is 10.3. The molecule has 1 heterocycles. The summed E-state index contributed by atoms with van der Waals surface area (Å²) in [5.74, 6) is 0. The van der Waals surface area contributed by atoms with Gasteiger partial charge in [0.2, 0.25) is 6.41 Å². The number of rotatable bonds is 2. The van der Waals surface area contributed by atoms with E-state index in [1.807, 2.05) is 18.2 Å². The molecule has 2 aromatic rings. The van der Waals surface area contributed by atoms with E-state index in [9.17, 15) is 4.79 Å². The third-order valence-electron chi connectivity index (χ3n) is 2.55. The van der Waals surface area contributed by atoms with Gasteiger partial charge in [0.15, 0.2) is 5.13 Å². The number of nitrogens with one attached hydrogen (secondary N) is 1. The van der Waals surface area contributed by atoms with Gasteiger partial charge in [-0.2, -0.15) is 0 Å². The predicted octanol–water partition coefficient (Wildman–Crippen LogP) is 2.94. The average Bonchev–Trinajstić information content (AvgIpc) is 2.74. The van der Waals surface area contributed by atoms with Crippen LogP contribution in [0.15, 0.2) is 18.2 Å². The Labute approximate surface area is 101 Å². The maximum Gasteiger partial charge on any atom is 0.213 e. The lowest BCUT2D eigenvalue weighted by molar-refractivity contribution is -0.105. The smallest absolute Gasteiger partial charge is 0.213 e. The minimum Gasteiger partial charge on any atom is -0.305 e. The van der Waals surface area contributed by atoms with Gasteiger partial charge >= 0.3 is 0 Å². The van der Waals surface area contributed by atoms with Gasteiger partial charge in [-0.05, 0) is 17.7 Å². The van der Waals surface area contributed by atoms with Crippen LogP contribution in [0, 0.1) is 0 Å². The van der Waals surface area contributed by atoms with E-state index in [1.54, 1.807) is 0 Å². The number of aromatic nitrogens is 1. The summed E-state index contributed by atoms with van der Waals surface area (Å²) in [6.07, 6.45) is 1.50. The molecule has 1 aliphatic carbocycles. The molecule has 5 heteroatoms. The fraction of sp³-hybridized carbons (Fsp3) is 0.0909. The van der Waals surface area contributed by atoms with Crippen molar-refractivity contribution in [3.8, 4) is 11.3 Å². The van der Waals surface area contributed by atoms with E-state index in [4.69, 9.17) is 11.6 Å². The molecule has 0 saturated carbocycles. The van der Waals surface area contributed by atoms with Crippen LogP contribution in [0.25, 0.3) is 11.3 Å². The molecular formula is C11H7ClN2OS. The first-order valence-electron chi connectivity index (χ1n) is 4.76. The summed E-state index contributed by atoms with van der Waals surface area (Å²) in [5, 5.41) is 3.98. The van der Waals surface area contributed by atoms with Gasteiger partial charge in [0.1, 0.15) is 0 Å². The second-order valence-corrected chi connectivity index (χ2v) is 5.05. The Kier molecular flexibility index (Phi) is 2.19. The van der Waals surface area contributed by atoms with Gasteiger partial charge in [-0.1, -0.05) is 17.7 Å². The Morgan fingerprint density at radius 2 is 2.38 bits per heavy atom. The lowest BCUT2D eigenvalue weighted by Crippen LogP contribution is -1.92. The van der Waals surface area contributed by atoms with Gasteiger partial charge in [-0.25, -0.2) is 4.98 Å². The Morgan fingerprint density at radius 1 is 1.50 bits per heavy atom. The number of fused-ring (bicyclic) bond motifs is 3. The van der Waals surface area contributed by atoms with Crippen LogP contribution in [0.4, 0.5) is 5.13 Å². The highest BCUT2D eigenvalue weighted by atomic mass is 35.5. The first-order valence-corrected chi connectivity index (χ1v) is 5.96. The number of carbonyl (C=O) groups is 1. The lowest BCUT2D eigenvalue weighted by Gasteiger charge is -1.99. The van der Waals surface area contributed by atoms with Crippen molar-refractivity contribution >= 4 is 34.5 Å². The molecule has 1 N–H and O–H groups in total. The standard InChI is InChI=1S/C11H7ClN2OS/c12-7-1-2-8-6(3-7)4-9-10(8)14-11(16-9)13-5-15/h1-3,5H,4H2,(H,13,14,15). The molecule has 16 heavy (non-hydrogen) atoms. The number of amides is 1. The predicted molar refractivity (Wildman–Crippen MR) is 65.1 cm³/mol. The molecule has 3 nitrogen and oxygen atoms in total. The fourth-order valence-electron chi connectivity index (χ4n) is 1.91.